The summed E-state index contributed by atoms with van der Waals surface area (Å²) in [6.45, 7) is 0.0244. The molecular weight excluding hydrogens is 492 g/mol. The van der Waals surface area contributed by atoms with E-state index in [9.17, 15) is 14.4 Å². The van der Waals surface area contributed by atoms with Crippen molar-refractivity contribution in [2.45, 2.75) is 30.7 Å². The Kier molecular flexibility index (Phi) is 9.21. The molecule has 9 heteroatoms. The third kappa shape index (κ3) is 6.44. The zero-order valence-corrected chi connectivity index (χ0v) is 20.9. The summed E-state index contributed by atoms with van der Waals surface area (Å²) < 4.78 is 34.3. The molecular formula is C29H28O9. The van der Waals surface area contributed by atoms with Crippen LogP contribution in [-0.2, 0) is 28.4 Å². The quantitative estimate of drug-likeness (QED) is 0.308. The second-order valence-electron chi connectivity index (χ2n) is 8.44. The first kappa shape index (κ1) is 27.0. The highest BCUT2D eigenvalue weighted by Crippen LogP contribution is 2.31. The van der Waals surface area contributed by atoms with Crippen molar-refractivity contribution in [2.24, 2.45) is 0 Å². The van der Waals surface area contributed by atoms with E-state index in [4.69, 9.17) is 28.4 Å². The first-order valence-electron chi connectivity index (χ1n) is 12.0. The second-order valence-corrected chi connectivity index (χ2v) is 8.44. The Labute approximate surface area is 220 Å². The van der Waals surface area contributed by atoms with Gasteiger partial charge in [0.25, 0.3) is 0 Å². The molecule has 1 heterocycles. The number of methoxy groups -OCH3 is 2. The van der Waals surface area contributed by atoms with Gasteiger partial charge in [-0.05, 0) is 36.4 Å². The topological polar surface area (TPSA) is 107 Å². The van der Waals surface area contributed by atoms with Gasteiger partial charge in [0.1, 0.15) is 12.2 Å². The number of carbonyl (C=O) groups is 3. The SMILES string of the molecule is COC[C@@H]1O[C@H](OC(=O)c2ccccc2)[C@@H](OC(=O)c2ccccc2)[C@@H](OC(=O)c2ccccc2)[C@H]1OC. The number of ether oxygens (including phenoxy) is 6. The average Bonchev–Trinajstić information content (AvgIpc) is 2.96. The van der Waals surface area contributed by atoms with Gasteiger partial charge in [-0.3, -0.25) is 0 Å². The van der Waals surface area contributed by atoms with Gasteiger partial charge in [0.05, 0.1) is 23.3 Å². The molecule has 9 nitrogen and oxygen atoms in total. The van der Waals surface area contributed by atoms with Gasteiger partial charge in [-0.1, -0.05) is 54.6 Å². The Morgan fingerprint density at radius 2 is 1.03 bits per heavy atom. The molecule has 0 N–H and O–H groups in total. The minimum atomic E-state index is -1.43. The van der Waals surface area contributed by atoms with Crippen molar-refractivity contribution >= 4 is 17.9 Å². The van der Waals surface area contributed by atoms with Crippen LogP contribution >= 0.6 is 0 Å². The van der Waals surface area contributed by atoms with Crippen LogP contribution in [0.3, 0.4) is 0 Å². The highest BCUT2D eigenvalue weighted by Gasteiger charge is 2.52. The second kappa shape index (κ2) is 13.0. The van der Waals surface area contributed by atoms with Crippen LogP contribution in [-0.4, -0.2) is 69.4 Å². The maximum absolute atomic E-state index is 13.1. The van der Waals surface area contributed by atoms with Crippen LogP contribution in [0.5, 0.6) is 0 Å². The standard InChI is InChI=1S/C29H28O9/c1-33-18-22-23(34-2)24(36-26(30)19-12-6-3-7-13-19)25(37-27(31)20-14-8-4-9-15-20)29(35-22)38-28(32)21-16-10-5-11-17-21/h3-17,22-25,29H,18H2,1-2H3/t22-,23-,24-,25-,29+/m0/s1. The molecule has 0 saturated carbocycles. The molecule has 198 valence electrons. The lowest BCUT2D eigenvalue weighted by Gasteiger charge is -2.44. The fourth-order valence-electron chi connectivity index (χ4n) is 4.10. The van der Waals surface area contributed by atoms with Crippen molar-refractivity contribution in [3.05, 3.63) is 108 Å². The summed E-state index contributed by atoms with van der Waals surface area (Å²) in [7, 11) is 2.87. The molecule has 0 amide bonds. The number of hydrogen-bond acceptors (Lipinski definition) is 9. The Bertz CT molecular complexity index is 1200. The maximum Gasteiger partial charge on any atom is 0.340 e. The number of rotatable bonds is 9. The Hall–Kier alpha value is -4.05. The molecule has 0 aliphatic carbocycles. The van der Waals surface area contributed by atoms with Crippen LogP contribution < -0.4 is 0 Å². The fraction of sp³-hybridized carbons (Fsp3) is 0.276. The van der Waals surface area contributed by atoms with Crippen LogP contribution in [0, 0.1) is 0 Å². The van der Waals surface area contributed by atoms with E-state index in [0.717, 1.165) is 0 Å². The van der Waals surface area contributed by atoms with E-state index in [0.29, 0.717) is 0 Å². The lowest BCUT2D eigenvalue weighted by atomic mass is 9.98. The normalized spacial score (nSPS) is 22.7. The summed E-state index contributed by atoms with van der Waals surface area (Å²) in [5, 5.41) is 0. The lowest BCUT2D eigenvalue weighted by molar-refractivity contribution is -0.288. The van der Waals surface area contributed by atoms with Crippen LogP contribution in [0.25, 0.3) is 0 Å². The van der Waals surface area contributed by atoms with E-state index < -0.39 is 48.6 Å². The van der Waals surface area contributed by atoms with Crippen LogP contribution in [0.15, 0.2) is 91.0 Å². The van der Waals surface area contributed by atoms with Crippen molar-refractivity contribution in [1.82, 2.24) is 0 Å². The molecule has 1 fully saturated rings. The van der Waals surface area contributed by atoms with E-state index in [-0.39, 0.29) is 23.3 Å². The predicted molar refractivity (Wildman–Crippen MR) is 134 cm³/mol. The maximum atomic E-state index is 13.1. The molecule has 0 unspecified atom stereocenters. The van der Waals surface area contributed by atoms with E-state index in [1.165, 1.54) is 14.2 Å². The summed E-state index contributed by atoms with van der Waals surface area (Å²) in [6.07, 6.45) is -5.74. The van der Waals surface area contributed by atoms with Gasteiger partial charge in [-0.2, -0.15) is 0 Å². The highest BCUT2D eigenvalue weighted by atomic mass is 16.7. The van der Waals surface area contributed by atoms with Gasteiger partial charge in [-0.15, -0.1) is 0 Å². The van der Waals surface area contributed by atoms with Gasteiger partial charge >= 0.3 is 17.9 Å². The summed E-state index contributed by atoms with van der Waals surface area (Å²) in [5.74, 6) is -2.11. The Balaban J connectivity index is 1.69. The number of benzene rings is 3. The van der Waals surface area contributed by atoms with Gasteiger partial charge in [-0.25, -0.2) is 14.4 Å². The van der Waals surface area contributed by atoms with Crippen molar-refractivity contribution in [3.63, 3.8) is 0 Å². The molecule has 1 aliphatic rings. The molecule has 3 aromatic carbocycles. The van der Waals surface area contributed by atoms with Gasteiger partial charge < -0.3 is 28.4 Å². The molecule has 1 aliphatic heterocycles. The minimum Gasteiger partial charge on any atom is -0.452 e. The predicted octanol–water partition coefficient (Wildman–Crippen LogP) is 3.68. The number of esters is 3. The van der Waals surface area contributed by atoms with E-state index in [1.54, 1.807) is 91.0 Å². The average molecular weight is 521 g/mol. The molecule has 0 bridgehead atoms. The van der Waals surface area contributed by atoms with Gasteiger partial charge in [0.15, 0.2) is 6.10 Å². The minimum absolute atomic E-state index is 0.0244. The summed E-state index contributed by atoms with van der Waals surface area (Å²) >= 11 is 0. The number of carbonyl (C=O) groups excluding carboxylic acids is 3. The van der Waals surface area contributed by atoms with Crippen molar-refractivity contribution in [2.75, 3.05) is 20.8 Å². The van der Waals surface area contributed by atoms with Crippen LogP contribution in [0.2, 0.25) is 0 Å². The first-order chi connectivity index (χ1) is 18.5. The zero-order valence-electron chi connectivity index (χ0n) is 20.9. The molecule has 0 radical (unpaired) electrons. The molecule has 4 rings (SSSR count). The molecule has 1 saturated heterocycles. The fourth-order valence-corrected chi connectivity index (χ4v) is 4.10. The summed E-state index contributed by atoms with van der Waals surface area (Å²) in [6, 6.07) is 24.9. The zero-order chi connectivity index (χ0) is 26.9. The first-order valence-corrected chi connectivity index (χ1v) is 12.0. The Morgan fingerprint density at radius 1 is 0.605 bits per heavy atom. The molecule has 0 spiro atoms. The van der Waals surface area contributed by atoms with E-state index >= 15 is 0 Å². The lowest BCUT2D eigenvalue weighted by Crippen LogP contribution is -2.62. The molecule has 0 aromatic heterocycles. The van der Waals surface area contributed by atoms with E-state index in [1.807, 2.05) is 0 Å². The highest BCUT2D eigenvalue weighted by molar-refractivity contribution is 5.91. The van der Waals surface area contributed by atoms with Gasteiger partial charge in [0, 0.05) is 14.2 Å². The Morgan fingerprint density at radius 3 is 1.45 bits per heavy atom. The van der Waals surface area contributed by atoms with E-state index in [2.05, 4.69) is 0 Å². The smallest absolute Gasteiger partial charge is 0.340 e. The molecule has 5 atom stereocenters. The van der Waals surface area contributed by atoms with Crippen LogP contribution in [0.1, 0.15) is 31.1 Å². The van der Waals surface area contributed by atoms with Gasteiger partial charge in [0.2, 0.25) is 12.4 Å². The van der Waals surface area contributed by atoms with Crippen molar-refractivity contribution in [3.8, 4) is 0 Å². The van der Waals surface area contributed by atoms with Crippen molar-refractivity contribution in [1.29, 1.82) is 0 Å². The largest absolute Gasteiger partial charge is 0.452 e. The number of hydrogen-bond donors (Lipinski definition) is 0. The van der Waals surface area contributed by atoms with Crippen molar-refractivity contribution < 1.29 is 42.8 Å². The van der Waals surface area contributed by atoms with Crippen LogP contribution in [0.4, 0.5) is 0 Å². The summed E-state index contributed by atoms with van der Waals surface area (Å²) in [4.78, 5) is 39.2. The summed E-state index contributed by atoms with van der Waals surface area (Å²) in [5.41, 5.74) is 0.795. The molecule has 3 aromatic rings. The third-order valence-electron chi connectivity index (χ3n) is 5.93. The molecule has 38 heavy (non-hydrogen) atoms. The monoisotopic (exact) mass is 520 g/mol. The third-order valence-corrected chi connectivity index (χ3v) is 5.93.